The summed E-state index contributed by atoms with van der Waals surface area (Å²) in [4.78, 5) is 23.5. The highest BCUT2D eigenvalue weighted by atomic mass is 19.1. The second-order valence-corrected chi connectivity index (χ2v) is 6.29. The minimum atomic E-state index is -0.543. The van der Waals surface area contributed by atoms with Gasteiger partial charge in [-0.05, 0) is 43.4 Å². The Kier molecular flexibility index (Phi) is 6.13. The number of benzene rings is 1. The molecule has 1 saturated carbocycles. The molecule has 2 N–H and O–H groups in total. The van der Waals surface area contributed by atoms with Crippen LogP contribution in [0, 0.1) is 11.7 Å². The summed E-state index contributed by atoms with van der Waals surface area (Å²) >= 11 is 0. The van der Waals surface area contributed by atoms with E-state index in [0.29, 0.717) is 11.5 Å². The first-order chi connectivity index (χ1) is 11.0. The van der Waals surface area contributed by atoms with E-state index in [9.17, 15) is 14.0 Å². The molecule has 0 heterocycles. The number of nitrogens with one attached hydrogen (secondary N) is 2. The van der Waals surface area contributed by atoms with E-state index >= 15 is 0 Å². The molecule has 5 heteroatoms. The van der Waals surface area contributed by atoms with E-state index in [-0.39, 0.29) is 23.5 Å². The molecule has 0 radical (unpaired) electrons. The maximum atomic E-state index is 13.7. The monoisotopic (exact) mass is 320 g/mol. The van der Waals surface area contributed by atoms with Gasteiger partial charge in [0, 0.05) is 18.5 Å². The lowest BCUT2D eigenvalue weighted by Crippen LogP contribution is -2.37. The van der Waals surface area contributed by atoms with Gasteiger partial charge in [-0.3, -0.25) is 9.59 Å². The number of rotatable bonds is 6. The van der Waals surface area contributed by atoms with Crippen molar-refractivity contribution in [2.45, 2.75) is 58.4 Å². The van der Waals surface area contributed by atoms with Crippen LogP contribution >= 0.6 is 0 Å². The Hall–Kier alpha value is -1.91. The molecule has 1 aliphatic carbocycles. The van der Waals surface area contributed by atoms with E-state index in [4.69, 9.17) is 0 Å². The average Bonchev–Trinajstić information content (AvgIpc) is 2.94. The fourth-order valence-electron chi connectivity index (χ4n) is 3.24. The van der Waals surface area contributed by atoms with Crippen LogP contribution in [0.2, 0.25) is 0 Å². The van der Waals surface area contributed by atoms with Crippen LogP contribution < -0.4 is 10.6 Å². The Bertz CT molecular complexity index is 574. The maximum absolute atomic E-state index is 13.7. The summed E-state index contributed by atoms with van der Waals surface area (Å²) in [7, 11) is 0. The summed E-state index contributed by atoms with van der Waals surface area (Å²) in [6, 6.07) is 4.25. The van der Waals surface area contributed by atoms with Gasteiger partial charge in [-0.25, -0.2) is 4.39 Å². The summed E-state index contributed by atoms with van der Waals surface area (Å²) in [5, 5.41) is 5.48. The summed E-state index contributed by atoms with van der Waals surface area (Å²) in [5.74, 6) is -0.575. The highest BCUT2D eigenvalue weighted by Gasteiger charge is 2.28. The molecule has 2 rings (SSSR count). The van der Waals surface area contributed by atoms with Gasteiger partial charge in [0.2, 0.25) is 5.91 Å². The number of hydrogen-bond acceptors (Lipinski definition) is 2. The third kappa shape index (κ3) is 4.78. The minimum absolute atomic E-state index is 0.0408. The zero-order valence-corrected chi connectivity index (χ0v) is 13.8. The van der Waals surface area contributed by atoms with Crippen molar-refractivity contribution < 1.29 is 14.0 Å². The van der Waals surface area contributed by atoms with Gasteiger partial charge in [0.05, 0.1) is 5.69 Å². The molecule has 0 unspecified atom stereocenters. The normalized spacial score (nSPS) is 20.3. The molecule has 0 bridgehead atoms. The molecule has 0 saturated heterocycles. The summed E-state index contributed by atoms with van der Waals surface area (Å²) in [6.45, 7) is 3.48. The smallest absolute Gasteiger partial charge is 0.251 e. The summed E-state index contributed by atoms with van der Waals surface area (Å²) in [6.07, 6.45) is 6.78. The molecule has 23 heavy (non-hydrogen) atoms. The third-order valence-corrected chi connectivity index (χ3v) is 4.44. The Morgan fingerprint density at radius 3 is 2.78 bits per heavy atom. The molecule has 126 valence electrons. The number of unbranched alkanes of at least 4 members (excludes halogenated alkanes) is 1. The van der Waals surface area contributed by atoms with Crippen LogP contribution in [0.15, 0.2) is 18.2 Å². The fraction of sp³-hybridized carbons (Fsp3) is 0.556. The number of amides is 2. The lowest BCUT2D eigenvalue weighted by molar-refractivity contribution is -0.114. The molecule has 1 aromatic carbocycles. The van der Waals surface area contributed by atoms with Crippen LogP contribution in [-0.4, -0.2) is 17.9 Å². The van der Waals surface area contributed by atoms with Crippen molar-refractivity contribution in [3.63, 3.8) is 0 Å². The molecule has 4 nitrogen and oxygen atoms in total. The first-order valence-corrected chi connectivity index (χ1v) is 8.39. The van der Waals surface area contributed by atoms with Crippen LogP contribution in [0.3, 0.4) is 0 Å². The summed E-state index contributed by atoms with van der Waals surface area (Å²) in [5.41, 5.74) is 0.412. The van der Waals surface area contributed by atoms with E-state index in [1.165, 1.54) is 31.5 Å². The van der Waals surface area contributed by atoms with Crippen LogP contribution in [-0.2, 0) is 4.79 Å². The van der Waals surface area contributed by atoms with Crippen LogP contribution in [0.4, 0.5) is 10.1 Å². The molecular weight excluding hydrogens is 295 g/mol. The Labute approximate surface area is 136 Å². The van der Waals surface area contributed by atoms with Gasteiger partial charge < -0.3 is 10.6 Å². The van der Waals surface area contributed by atoms with E-state index in [0.717, 1.165) is 32.1 Å². The third-order valence-electron chi connectivity index (χ3n) is 4.44. The molecule has 2 amide bonds. The van der Waals surface area contributed by atoms with Gasteiger partial charge in [0.25, 0.3) is 5.91 Å². The van der Waals surface area contributed by atoms with Gasteiger partial charge in [0.1, 0.15) is 5.82 Å². The minimum Gasteiger partial charge on any atom is -0.349 e. The van der Waals surface area contributed by atoms with Crippen molar-refractivity contribution in [3.05, 3.63) is 29.6 Å². The van der Waals surface area contributed by atoms with E-state index in [1.807, 2.05) is 0 Å². The van der Waals surface area contributed by atoms with Crippen LogP contribution in [0.25, 0.3) is 0 Å². The van der Waals surface area contributed by atoms with Crippen LogP contribution in [0.1, 0.15) is 62.7 Å². The Balaban J connectivity index is 2.04. The molecule has 1 fully saturated rings. The van der Waals surface area contributed by atoms with Gasteiger partial charge in [-0.1, -0.05) is 26.2 Å². The average molecular weight is 320 g/mol. The first-order valence-electron chi connectivity index (χ1n) is 8.39. The van der Waals surface area contributed by atoms with Gasteiger partial charge in [0.15, 0.2) is 0 Å². The molecule has 0 spiro atoms. The molecule has 2 atom stereocenters. The summed E-state index contributed by atoms with van der Waals surface area (Å²) < 4.78 is 13.7. The molecule has 0 aliphatic heterocycles. The molecular formula is C18H25FN2O2. The number of carbonyl (C=O) groups is 2. The van der Waals surface area contributed by atoms with E-state index in [2.05, 4.69) is 17.6 Å². The lowest BCUT2D eigenvalue weighted by atomic mass is 9.96. The first kappa shape index (κ1) is 17.4. The molecule has 0 aromatic heterocycles. The Morgan fingerprint density at radius 1 is 1.30 bits per heavy atom. The standard InChI is InChI=1S/C18H25FN2O2/c1-3-4-6-13-7-5-8-16(13)21-18(23)14-9-10-15(19)17(11-14)20-12(2)22/h9-11,13,16H,3-8H2,1-2H3,(H,20,22)(H,21,23)/t13-,16+/m1/s1. The van der Waals surface area contributed by atoms with Crippen molar-refractivity contribution in [1.29, 1.82) is 0 Å². The highest BCUT2D eigenvalue weighted by Crippen LogP contribution is 2.30. The topological polar surface area (TPSA) is 58.2 Å². The zero-order valence-electron chi connectivity index (χ0n) is 13.8. The number of hydrogen-bond donors (Lipinski definition) is 2. The van der Waals surface area contributed by atoms with Crippen LogP contribution in [0.5, 0.6) is 0 Å². The second kappa shape index (κ2) is 8.09. The largest absolute Gasteiger partial charge is 0.349 e. The fourth-order valence-corrected chi connectivity index (χ4v) is 3.24. The number of halogens is 1. The van der Waals surface area contributed by atoms with Crippen molar-refractivity contribution >= 4 is 17.5 Å². The van der Waals surface area contributed by atoms with E-state index in [1.54, 1.807) is 0 Å². The maximum Gasteiger partial charge on any atom is 0.251 e. The van der Waals surface area contributed by atoms with Gasteiger partial charge >= 0.3 is 0 Å². The predicted octanol–water partition coefficient (Wildman–Crippen LogP) is 3.87. The zero-order chi connectivity index (χ0) is 16.8. The molecule has 1 aromatic rings. The van der Waals surface area contributed by atoms with Gasteiger partial charge in [-0.2, -0.15) is 0 Å². The van der Waals surface area contributed by atoms with Crippen molar-refractivity contribution in [3.8, 4) is 0 Å². The SMILES string of the molecule is CCCC[C@@H]1CCC[C@@H]1NC(=O)c1ccc(F)c(NC(C)=O)c1. The van der Waals surface area contributed by atoms with Crippen molar-refractivity contribution in [1.82, 2.24) is 5.32 Å². The lowest BCUT2D eigenvalue weighted by Gasteiger charge is -2.21. The van der Waals surface area contributed by atoms with Crippen molar-refractivity contribution in [2.24, 2.45) is 5.92 Å². The van der Waals surface area contributed by atoms with E-state index < -0.39 is 5.82 Å². The predicted molar refractivity (Wildman–Crippen MR) is 88.8 cm³/mol. The quantitative estimate of drug-likeness (QED) is 0.836. The van der Waals surface area contributed by atoms with Crippen molar-refractivity contribution in [2.75, 3.05) is 5.32 Å². The number of carbonyl (C=O) groups excluding carboxylic acids is 2. The highest BCUT2D eigenvalue weighted by molar-refractivity contribution is 5.97. The number of anilines is 1. The van der Waals surface area contributed by atoms with Gasteiger partial charge in [-0.15, -0.1) is 0 Å². The Morgan fingerprint density at radius 2 is 2.09 bits per heavy atom. The second-order valence-electron chi connectivity index (χ2n) is 6.29. The molecule has 1 aliphatic rings.